The van der Waals surface area contributed by atoms with Crippen LogP contribution in [-0.2, 0) is 5.41 Å². The molecule has 0 spiro atoms. The van der Waals surface area contributed by atoms with Gasteiger partial charge in [-0.25, -0.2) is 0 Å². The Balaban J connectivity index is 1.90. The second-order valence-electron chi connectivity index (χ2n) is 6.35. The molecule has 3 heterocycles. The average molecular weight is 320 g/mol. The van der Waals surface area contributed by atoms with E-state index in [1.165, 1.54) is 11.1 Å². The van der Waals surface area contributed by atoms with Crippen molar-refractivity contribution in [2.24, 2.45) is 0 Å². The van der Waals surface area contributed by atoms with E-state index >= 15 is 0 Å². The third-order valence-electron chi connectivity index (χ3n) is 4.94. The molecule has 2 aliphatic heterocycles. The predicted octanol–water partition coefficient (Wildman–Crippen LogP) is 2.90. The molecule has 2 unspecified atom stereocenters. The third-order valence-corrected chi connectivity index (χ3v) is 4.94. The lowest BCUT2D eigenvalue weighted by Crippen LogP contribution is -2.51. The van der Waals surface area contributed by atoms with Gasteiger partial charge in [-0.2, -0.15) is 23.7 Å². The van der Waals surface area contributed by atoms with Crippen LogP contribution >= 0.6 is 0 Å². The highest BCUT2D eigenvalue weighted by Crippen LogP contribution is 2.47. The Morgan fingerprint density at radius 1 is 1.22 bits per heavy atom. The topological polar surface area (TPSA) is 63.7 Å². The number of aromatic nitrogens is 1. The molecule has 120 valence electrons. The summed E-state index contributed by atoms with van der Waals surface area (Å²) in [5.41, 5.74) is 0.151. The molecule has 1 aromatic rings. The van der Waals surface area contributed by atoms with Gasteiger partial charge < -0.3 is 0 Å². The predicted molar refractivity (Wildman–Crippen MR) is 75.0 cm³/mol. The zero-order valence-electron chi connectivity index (χ0n) is 12.3. The van der Waals surface area contributed by atoms with E-state index in [1.54, 1.807) is 12.3 Å². The Kier molecular flexibility index (Phi) is 3.77. The minimum Gasteiger partial charge on any atom is -0.289 e. The van der Waals surface area contributed by atoms with Crippen molar-refractivity contribution >= 4 is 0 Å². The molecule has 3 rings (SSSR count). The summed E-state index contributed by atoms with van der Waals surface area (Å²) < 4.78 is 38.3. The van der Waals surface area contributed by atoms with Crippen LogP contribution in [0.5, 0.6) is 0 Å². The van der Waals surface area contributed by atoms with Gasteiger partial charge in [0.2, 0.25) is 0 Å². The summed E-state index contributed by atoms with van der Waals surface area (Å²) in [7, 11) is 0. The Bertz CT molecular complexity index is 672. The number of hydrogen-bond acceptors (Lipinski definition) is 4. The van der Waals surface area contributed by atoms with Crippen molar-refractivity contribution in [3.63, 3.8) is 0 Å². The molecule has 2 aliphatic rings. The molecule has 7 heteroatoms. The van der Waals surface area contributed by atoms with Gasteiger partial charge in [0.05, 0.1) is 23.6 Å². The van der Waals surface area contributed by atoms with Crippen LogP contribution in [0.1, 0.15) is 36.8 Å². The average Bonchev–Trinajstić information content (AvgIpc) is 2.75. The molecule has 4 nitrogen and oxygen atoms in total. The van der Waals surface area contributed by atoms with Crippen LogP contribution in [0, 0.1) is 22.7 Å². The molecule has 2 fully saturated rings. The molecule has 0 aromatic carbocycles. The van der Waals surface area contributed by atoms with E-state index in [0.29, 0.717) is 36.8 Å². The van der Waals surface area contributed by atoms with Gasteiger partial charge in [0.15, 0.2) is 0 Å². The van der Waals surface area contributed by atoms with E-state index in [2.05, 4.69) is 11.1 Å². The van der Waals surface area contributed by atoms with Crippen LogP contribution < -0.4 is 0 Å². The van der Waals surface area contributed by atoms with Crippen molar-refractivity contribution in [1.82, 2.24) is 9.88 Å². The number of nitriles is 2. The lowest BCUT2D eigenvalue weighted by molar-refractivity contribution is -0.156. The normalized spacial score (nSPS) is 30.7. The zero-order valence-corrected chi connectivity index (χ0v) is 12.3. The van der Waals surface area contributed by atoms with Gasteiger partial charge >= 0.3 is 6.18 Å². The van der Waals surface area contributed by atoms with E-state index in [4.69, 9.17) is 5.26 Å². The van der Waals surface area contributed by atoms with Crippen molar-refractivity contribution in [2.45, 2.75) is 49.4 Å². The zero-order chi connectivity index (χ0) is 16.7. The number of pyridine rings is 1. The summed E-state index contributed by atoms with van der Waals surface area (Å²) >= 11 is 0. The second-order valence-corrected chi connectivity index (χ2v) is 6.35. The van der Waals surface area contributed by atoms with Crippen molar-refractivity contribution in [2.75, 3.05) is 6.54 Å². The third kappa shape index (κ3) is 2.89. The molecule has 2 atom stereocenters. The van der Waals surface area contributed by atoms with E-state index in [9.17, 15) is 18.4 Å². The van der Waals surface area contributed by atoms with E-state index in [1.807, 2.05) is 6.07 Å². The van der Waals surface area contributed by atoms with Crippen molar-refractivity contribution in [3.05, 3.63) is 29.6 Å². The maximum atomic E-state index is 12.8. The molecular formula is C16H15F3N4. The summed E-state index contributed by atoms with van der Waals surface area (Å²) in [5.74, 6) is 0. The molecule has 23 heavy (non-hydrogen) atoms. The van der Waals surface area contributed by atoms with Crippen molar-refractivity contribution < 1.29 is 13.2 Å². The minimum absolute atomic E-state index is 0.249. The first kappa shape index (κ1) is 15.8. The van der Waals surface area contributed by atoms with Gasteiger partial charge in [-0.15, -0.1) is 0 Å². The monoisotopic (exact) mass is 320 g/mol. The fourth-order valence-corrected chi connectivity index (χ4v) is 3.96. The van der Waals surface area contributed by atoms with Gasteiger partial charge in [0, 0.05) is 24.5 Å². The Hall–Kier alpha value is -2.12. The molecule has 2 saturated heterocycles. The van der Waals surface area contributed by atoms with E-state index in [0.717, 1.165) is 0 Å². The smallest absolute Gasteiger partial charge is 0.289 e. The number of nitrogens with zero attached hydrogens (tertiary/aromatic N) is 4. The van der Waals surface area contributed by atoms with Gasteiger partial charge in [0.1, 0.15) is 6.07 Å². The first-order valence-corrected chi connectivity index (χ1v) is 7.46. The summed E-state index contributed by atoms with van der Waals surface area (Å²) in [6.45, 7) is -0.916. The lowest BCUT2D eigenvalue weighted by atomic mass is 9.71. The number of fused-ring (bicyclic) bond motifs is 2. The van der Waals surface area contributed by atoms with Crippen LogP contribution in [0.25, 0.3) is 0 Å². The standard InChI is InChI=1S/C16H15F3N4/c17-16(18,19)10-23-13-1-2-14(23)5-15(4-13,9-21)12-3-11(6-20)7-22-8-12/h3,7-8,13-14H,1-2,4-5,10H2. The maximum absolute atomic E-state index is 12.8. The molecule has 0 saturated carbocycles. The molecule has 0 radical (unpaired) electrons. The van der Waals surface area contributed by atoms with Crippen molar-refractivity contribution in [1.29, 1.82) is 10.5 Å². The van der Waals surface area contributed by atoms with Crippen LogP contribution in [0.2, 0.25) is 0 Å². The first-order valence-electron chi connectivity index (χ1n) is 7.46. The number of rotatable bonds is 2. The van der Waals surface area contributed by atoms with Crippen LogP contribution in [-0.4, -0.2) is 34.7 Å². The minimum atomic E-state index is -4.23. The second kappa shape index (κ2) is 5.50. The first-order chi connectivity index (χ1) is 10.9. The highest BCUT2D eigenvalue weighted by Gasteiger charge is 2.52. The quantitative estimate of drug-likeness (QED) is 0.840. The SMILES string of the molecule is N#Cc1cncc(C2(C#N)CC3CCC(C2)N3CC(F)(F)F)c1. The molecular weight excluding hydrogens is 305 g/mol. The van der Waals surface area contributed by atoms with Crippen LogP contribution in [0.4, 0.5) is 13.2 Å². The maximum Gasteiger partial charge on any atom is 0.401 e. The fourth-order valence-electron chi connectivity index (χ4n) is 3.96. The van der Waals surface area contributed by atoms with E-state index in [-0.39, 0.29) is 12.1 Å². The Labute approximate surface area is 132 Å². The Morgan fingerprint density at radius 3 is 2.39 bits per heavy atom. The highest BCUT2D eigenvalue weighted by molar-refractivity contribution is 5.39. The summed E-state index contributed by atoms with van der Waals surface area (Å²) in [5, 5.41) is 18.7. The Morgan fingerprint density at radius 2 is 1.87 bits per heavy atom. The largest absolute Gasteiger partial charge is 0.401 e. The van der Waals surface area contributed by atoms with E-state index < -0.39 is 18.1 Å². The molecule has 0 amide bonds. The lowest BCUT2D eigenvalue weighted by Gasteiger charge is -2.43. The number of alkyl halides is 3. The highest BCUT2D eigenvalue weighted by atomic mass is 19.4. The van der Waals surface area contributed by atoms with Gasteiger partial charge in [-0.3, -0.25) is 9.88 Å². The van der Waals surface area contributed by atoms with Crippen LogP contribution in [0.3, 0.4) is 0 Å². The molecule has 0 N–H and O–H groups in total. The van der Waals surface area contributed by atoms with Gasteiger partial charge in [0.25, 0.3) is 0 Å². The molecule has 2 bridgehead atoms. The fraction of sp³-hybridized carbons (Fsp3) is 0.562. The molecule has 1 aromatic heterocycles. The van der Waals surface area contributed by atoms with Gasteiger partial charge in [-0.05, 0) is 37.3 Å². The summed E-state index contributed by atoms with van der Waals surface area (Å²) in [6.07, 6.45) is 0.811. The number of halogens is 3. The number of piperidine rings is 1. The van der Waals surface area contributed by atoms with Crippen molar-refractivity contribution in [3.8, 4) is 12.1 Å². The number of hydrogen-bond donors (Lipinski definition) is 0. The van der Waals surface area contributed by atoms with Crippen LogP contribution in [0.15, 0.2) is 18.5 Å². The molecule has 0 aliphatic carbocycles. The summed E-state index contributed by atoms with van der Waals surface area (Å²) in [6, 6.07) is 5.44. The van der Waals surface area contributed by atoms with Gasteiger partial charge in [-0.1, -0.05) is 0 Å². The summed E-state index contributed by atoms with van der Waals surface area (Å²) in [4.78, 5) is 5.50.